The fraction of sp³-hybridized carbons (Fsp3) is 0.538. The van der Waals surface area contributed by atoms with Crippen molar-refractivity contribution in [3.05, 3.63) is 28.3 Å². The van der Waals surface area contributed by atoms with Gasteiger partial charge in [-0.2, -0.15) is 0 Å². The minimum atomic E-state index is -0.0834. The van der Waals surface area contributed by atoms with Crippen molar-refractivity contribution >= 4 is 11.6 Å². The first-order chi connectivity index (χ1) is 7.59. The Labute approximate surface area is 101 Å². The highest BCUT2D eigenvalue weighted by atomic mass is 35.5. The zero-order chi connectivity index (χ0) is 11.7. The molecule has 88 valence electrons. The lowest BCUT2D eigenvalue weighted by molar-refractivity contribution is 0.410. The molecular weight excluding hydrogens is 222 g/mol. The number of hydrogen-bond donors (Lipinski definition) is 2. The van der Waals surface area contributed by atoms with Crippen molar-refractivity contribution in [3.63, 3.8) is 0 Å². The summed E-state index contributed by atoms with van der Waals surface area (Å²) in [6.45, 7) is 1.85. The molecule has 0 aliphatic heterocycles. The van der Waals surface area contributed by atoms with E-state index < -0.39 is 0 Å². The fourth-order valence-electron chi connectivity index (χ4n) is 2.59. The Morgan fingerprint density at radius 3 is 2.62 bits per heavy atom. The number of phenolic OH excluding ortho intramolecular Hbond substituents is 1. The Morgan fingerprint density at radius 2 is 2.00 bits per heavy atom. The molecule has 1 atom stereocenters. The van der Waals surface area contributed by atoms with E-state index in [1.54, 1.807) is 12.1 Å². The Bertz CT molecular complexity index is 386. The van der Waals surface area contributed by atoms with Crippen molar-refractivity contribution < 1.29 is 5.11 Å². The van der Waals surface area contributed by atoms with E-state index in [9.17, 15) is 5.11 Å². The summed E-state index contributed by atoms with van der Waals surface area (Å²) in [5, 5.41) is 10.7. The van der Waals surface area contributed by atoms with Gasteiger partial charge in [0, 0.05) is 16.6 Å². The van der Waals surface area contributed by atoms with Crippen LogP contribution in [-0.4, -0.2) is 5.11 Å². The Kier molecular flexibility index (Phi) is 3.41. The van der Waals surface area contributed by atoms with Crippen molar-refractivity contribution in [2.45, 2.75) is 38.6 Å². The van der Waals surface area contributed by atoms with Gasteiger partial charge in [-0.3, -0.25) is 0 Å². The van der Waals surface area contributed by atoms with Crippen LogP contribution in [0.3, 0.4) is 0 Å². The van der Waals surface area contributed by atoms with Crippen LogP contribution in [0, 0.1) is 12.8 Å². The highest BCUT2D eigenvalue weighted by Gasteiger charge is 2.25. The number of rotatable bonds is 2. The summed E-state index contributed by atoms with van der Waals surface area (Å²) in [5.74, 6) is 0.799. The monoisotopic (exact) mass is 239 g/mol. The van der Waals surface area contributed by atoms with Crippen LogP contribution >= 0.6 is 11.6 Å². The van der Waals surface area contributed by atoms with E-state index in [1.807, 2.05) is 6.92 Å². The number of benzene rings is 1. The molecule has 0 spiro atoms. The normalized spacial score (nSPS) is 18.9. The minimum Gasteiger partial charge on any atom is -0.507 e. The molecule has 1 aliphatic carbocycles. The number of halogens is 1. The van der Waals surface area contributed by atoms with Gasteiger partial charge in [-0.1, -0.05) is 24.4 Å². The second-order valence-electron chi connectivity index (χ2n) is 4.73. The standard InChI is InChI=1S/C13H18ClNO/c1-8-6-10(14)7-11(13(8)16)12(15)9-4-2-3-5-9/h6-7,9,12,16H,2-5,15H2,1H3/t12-/m0/s1. The van der Waals surface area contributed by atoms with Crippen LogP contribution in [0.2, 0.25) is 5.02 Å². The van der Waals surface area contributed by atoms with Crippen LogP contribution in [0.15, 0.2) is 12.1 Å². The summed E-state index contributed by atoms with van der Waals surface area (Å²) in [6, 6.07) is 3.48. The molecule has 1 aromatic rings. The van der Waals surface area contributed by atoms with Crippen molar-refractivity contribution in [3.8, 4) is 5.75 Å². The molecule has 2 nitrogen and oxygen atoms in total. The highest BCUT2D eigenvalue weighted by molar-refractivity contribution is 6.30. The first-order valence-corrected chi connectivity index (χ1v) is 6.22. The van der Waals surface area contributed by atoms with Crippen LogP contribution in [-0.2, 0) is 0 Å². The molecule has 0 radical (unpaired) electrons. The number of nitrogens with two attached hydrogens (primary N) is 1. The molecule has 3 heteroatoms. The first-order valence-electron chi connectivity index (χ1n) is 5.84. The zero-order valence-corrected chi connectivity index (χ0v) is 10.3. The van der Waals surface area contributed by atoms with Gasteiger partial charge in [0.25, 0.3) is 0 Å². The molecule has 1 aromatic carbocycles. The maximum atomic E-state index is 10.0. The summed E-state index contributed by atoms with van der Waals surface area (Å²) in [4.78, 5) is 0. The zero-order valence-electron chi connectivity index (χ0n) is 9.54. The van der Waals surface area contributed by atoms with Gasteiger partial charge in [-0.25, -0.2) is 0 Å². The number of aromatic hydroxyl groups is 1. The van der Waals surface area contributed by atoms with Crippen molar-refractivity contribution in [1.82, 2.24) is 0 Å². The number of phenols is 1. The van der Waals surface area contributed by atoms with Crippen LogP contribution in [0.25, 0.3) is 0 Å². The van der Waals surface area contributed by atoms with E-state index in [0.29, 0.717) is 16.7 Å². The SMILES string of the molecule is Cc1cc(Cl)cc([C@@H](N)C2CCCC2)c1O. The van der Waals surface area contributed by atoms with Gasteiger partial charge >= 0.3 is 0 Å². The molecule has 0 bridgehead atoms. The third-order valence-electron chi connectivity index (χ3n) is 3.56. The quantitative estimate of drug-likeness (QED) is 0.829. The molecule has 3 N–H and O–H groups in total. The largest absolute Gasteiger partial charge is 0.507 e. The number of aryl methyl sites for hydroxylation is 1. The molecule has 0 aromatic heterocycles. The van der Waals surface area contributed by atoms with Crippen LogP contribution in [0.4, 0.5) is 0 Å². The van der Waals surface area contributed by atoms with Crippen LogP contribution in [0.5, 0.6) is 5.75 Å². The third kappa shape index (κ3) is 2.18. The molecular formula is C13H18ClNO. The molecule has 0 saturated heterocycles. The smallest absolute Gasteiger partial charge is 0.123 e. The molecule has 0 unspecified atom stereocenters. The first kappa shape index (κ1) is 11.7. The third-order valence-corrected chi connectivity index (χ3v) is 3.78. The van der Waals surface area contributed by atoms with Crippen molar-refractivity contribution in [2.24, 2.45) is 11.7 Å². The maximum absolute atomic E-state index is 10.0. The Hall–Kier alpha value is -0.730. The Morgan fingerprint density at radius 1 is 1.38 bits per heavy atom. The lowest BCUT2D eigenvalue weighted by atomic mass is 9.91. The van der Waals surface area contributed by atoms with E-state index in [1.165, 1.54) is 12.8 Å². The van der Waals surface area contributed by atoms with E-state index >= 15 is 0 Å². The van der Waals surface area contributed by atoms with Crippen LogP contribution < -0.4 is 5.73 Å². The molecule has 1 aliphatic rings. The topological polar surface area (TPSA) is 46.2 Å². The lowest BCUT2D eigenvalue weighted by Crippen LogP contribution is -2.19. The molecule has 0 amide bonds. The summed E-state index contributed by atoms with van der Waals surface area (Å²) in [6.07, 6.45) is 4.82. The summed E-state index contributed by atoms with van der Waals surface area (Å²) < 4.78 is 0. The predicted molar refractivity (Wildman–Crippen MR) is 66.7 cm³/mol. The fourth-order valence-corrected chi connectivity index (χ4v) is 2.87. The van der Waals surface area contributed by atoms with Gasteiger partial charge in [0.2, 0.25) is 0 Å². The highest BCUT2D eigenvalue weighted by Crippen LogP contribution is 2.39. The van der Waals surface area contributed by atoms with Crippen molar-refractivity contribution in [1.29, 1.82) is 0 Å². The maximum Gasteiger partial charge on any atom is 0.123 e. The van der Waals surface area contributed by atoms with E-state index in [0.717, 1.165) is 24.0 Å². The summed E-state index contributed by atoms with van der Waals surface area (Å²) >= 11 is 6.01. The molecule has 0 heterocycles. The lowest BCUT2D eigenvalue weighted by Gasteiger charge is -2.21. The number of hydrogen-bond acceptors (Lipinski definition) is 2. The molecule has 2 rings (SSSR count). The van der Waals surface area contributed by atoms with E-state index in [4.69, 9.17) is 17.3 Å². The van der Waals surface area contributed by atoms with Gasteiger partial charge in [0.15, 0.2) is 0 Å². The predicted octanol–water partition coefficient (Wildman–Crippen LogP) is 3.54. The summed E-state index contributed by atoms with van der Waals surface area (Å²) in [5.41, 5.74) is 7.82. The van der Waals surface area contributed by atoms with Crippen LogP contribution in [0.1, 0.15) is 42.9 Å². The molecule has 1 fully saturated rings. The summed E-state index contributed by atoms with van der Waals surface area (Å²) in [7, 11) is 0. The second kappa shape index (κ2) is 4.64. The minimum absolute atomic E-state index is 0.0834. The Balaban J connectivity index is 2.31. The molecule has 16 heavy (non-hydrogen) atoms. The van der Waals surface area contributed by atoms with Gasteiger partial charge in [0.1, 0.15) is 5.75 Å². The average Bonchev–Trinajstić information content (AvgIpc) is 2.75. The van der Waals surface area contributed by atoms with Gasteiger partial charge in [-0.15, -0.1) is 0 Å². The van der Waals surface area contributed by atoms with E-state index in [2.05, 4.69) is 0 Å². The molecule has 1 saturated carbocycles. The van der Waals surface area contributed by atoms with Gasteiger partial charge < -0.3 is 10.8 Å². The van der Waals surface area contributed by atoms with Gasteiger partial charge in [0.05, 0.1) is 0 Å². The average molecular weight is 240 g/mol. The van der Waals surface area contributed by atoms with E-state index in [-0.39, 0.29) is 6.04 Å². The second-order valence-corrected chi connectivity index (χ2v) is 5.17. The van der Waals surface area contributed by atoms with Gasteiger partial charge in [-0.05, 0) is 43.4 Å². The van der Waals surface area contributed by atoms with Crippen molar-refractivity contribution in [2.75, 3.05) is 0 Å².